The normalized spacial score (nSPS) is 19.5. The van der Waals surface area contributed by atoms with Crippen molar-refractivity contribution in [2.24, 2.45) is 17.8 Å². The highest BCUT2D eigenvalue weighted by molar-refractivity contribution is 5.36. The third-order valence-electron chi connectivity index (χ3n) is 7.88. The summed E-state index contributed by atoms with van der Waals surface area (Å²) in [5, 5.41) is 2.79. The van der Waals surface area contributed by atoms with Gasteiger partial charge in [0, 0.05) is 12.6 Å². The van der Waals surface area contributed by atoms with Crippen LogP contribution in [0.1, 0.15) is 112 Å². The SMILES string of the molecule is C=C(\C=C/C=C(C)/C(=C/CC1=CCC(C(CCC)CCC2CC2)C=C1)CCCC)NC(=C(C)C)C(C)(F)F. The van der Waals surface area contributed by atoms with Crippen molar-refractivity contribution in [2.45, 2.75) is 118 Å². The van der Waals surface area contributed by atoms with Crippen LogP contribution in [0.3, 0.4) is 0 Å². The van der Waals surface area contributed by atoms with Crippen molar-refractivity contribution in [3.8, 4) is 0 Å². The van der Waals surface area contributed by atoms with Gasteiger partial charge < -0.3 is 5.32 Å². The second kappa shape index (κ2) is 16.1. The molecule has 0 radical (unpaired) electrons. The standard InChI is InChI=1S/C35H53F2N/c1-8-10-15-31(27(5)13-11-14-28(6)38-34(26(3)4)35(7,36)37)22-18-30-20-24-33(25-21-30)32(12-9-2)23-19-29-16-17-29/h11,13-14,20-22,24,29,32-33,38H,6,8-10,12,15-19,23,25H2,1-5,7H3/b14-11-,27-13+,31-22+. The maximum absolute atomic E-state index is 13.9. The molecule has 0 aromatic carbocycles. The van der Waals surface area contributed by atoms with E-state index in [1.165, 1.54) is 61.7 Å². The van der Waals surface area contributed by atoms with Crippen molar-refractivity contribution in [3.05, 3.63) is 82.8 Å². The molecule has 0 aromatic rings. The summed E-state index contributed by atoms with van der Waals surface area (Å²) in [5.41, 5.74) is 4.92. The van der Waals surface area contributed by atoms with Crippen LogP contribution in [0.15, 0.2) is 82.8 Å². The molecule has 2 aliphatic rings. The number of halogens is 2. The number of unbranched alkanes of at least 4 members (excludes halogenated alkanes) is 1. The van der Waals surface area contributed by atoms with Gasteiger partial charge in [0.1, 0.15) is 0 Å². The van der Waals surface area contributed by atoms with Gasteiger partial charge >= 0.3 is 0 Å². The van der Waals surface area contributed by atoms with E-state index in [-0.39, 0.29) is 5.70 Å². The van der Waals surface area contributed by atoms with Crippen LogP contribution in [0.2, 0.25) is 0 Å². The van der Waals surface area contributed by atoms with Crippen LogP contribution in [0.5, 0.6) is 0 Å². The van der Waals surface area contributed by atoms with Gasteiger partial charge in [0.15, 0.2) is 0 Å². The Bertz CT molecular complexity index is 943. The molecule has 3 heteroatoms. The lowest BCUT2D eigenvalue weighted by molar-refractivity contribution is 0.0562. The Hall–Kier alpha value is -2.16. The van der Waals surface area contributed by atoms with Gasteiger partial charge in [0.05, 0.1) is 5.70 Å². The number of alkyl halides is 2. The average molecular weight is 526 g/mol. The van der Waals surface area contributed by atoms with Gasteiger partial charge in [-0.25, -0.2) is 8.78 Å². The third-order valence-corrected chi connectivity index (χ3v) is 7.88. The van der Waals surface area contributed by atoms with Gasteiger partial charge in [0.25, 0.3) is 5.92 Å². The lowest BCUT2D eigenvalue weighted by Gasteiger charge is -2.26. The quantitative estimate of drug-likeness (QED) is 0.186. The van der Waals surface area contributed by atoms with E-state index in [4.69, 9.17) is 0 Å². The fraction of sp³-hybridized carbons (Fsp3) is 0.600. The van der Waals surface area contributed by atoms with Crippen LogP contribution >= 0.6 is 0 Å². The smallest absolute Gasteiger partial charge is 0.284 e. The highest BCUT2D eigenvalue weighted by Crippen LogP contribution is 2.38. The predicted molar refractivity (Wildman–Crippen MR) is 162 cm³/mol. The molecular weight excluding hydrogens is 472 g/mol. The zero-order valence-electron chi connectivity index (χ0n) is 25.0. The Kier molecular flexibility index (Phi) is 13.5. The first kappa shape index (κ1) is 32.1. The first-order valence-electron chi connectivity index (χ1n) is 15.0. The molecule has 0 aliphatic heterocycles. The van der Waals surface area contributed by atoms with E-state index in [0.29, 0.717) is 17.2 Å². The first-order valence-corrected chi connectivity index (χ1v) is 15.0. The van der Waals surface area contributed by atoms with Crippen molar-refractivity contribution >= 4 is 0 Å². The molecule has 2 unspecified atom stereocenters. The monoisotopic (exact) mass is 525 g/mol. The summed E-state index contributed by atoms with van der Waals surface area (Å²) >= 11 is 0. The van der Waals surface area contributed by atoms with Crippen LogP contribution in [0.4, 0.5) is 8.78 Å². The van der Waals surface area contributed by atoms with E-state index in [2.05, 4.69) is 63.0 Å². The molecule has 2 atom stereocenters. The zero-order chi connectivity index (χ0) is 28.1. The molecule has 0 heterocycles. The lowest BCUT2D eigenvalue weighted by Crippen LogP contribution is -2.27. The van der Waals surface area contributed by atoms with Crippen molar-refractivity contribution in [2.75, 3.05) is 0 Å². The van der Waals surface area contributed by atoms with E-state index < -0.39 is 5.92 Å². The number of allylic oxidation sites excluding steroid dienone is 12. The Morgan fingerprint density at radius 2 is 1.89 bits per heavy atom. The third kappa shape index (κ3) is 11.7. The molecule has 0 saturated heterocycles. The maximum atomic E-state index is 13.9. The number of nitrogens with one attached hydrogen (secondary N) is 1. The van der Waals surface area contributed by atoms with E-state index in [0.717, 1.165) is 44.4 Å². The first-order chi connectivity index (χ1) is 18.0. The maximum Gasteiger partial charge on any atom is 0.284 e. The van der Waals surface area contributed by atoms with E-state index in [1.54, 1.807) is 19.9 Å². The van der Waals surface area contributed by atoms with Crippen molar-refractivity contribution in [1.29, 1.82) is 0 Å². The van der Waals surface area contributed by atoms with Crippen LogP contribution < -0.4 is 5.32 Å². The van der Waals surface area contributed by atoms with E-state index in [9.17, 15) is 8.78 Å². The second-order valence-electron chi connectivity index (χ2n) is 11.8. The Morgan fingerprint density at radius 3 is 2.45 bits per heavy atom. The van der Waals surface area contributed by atoms with Gasteiger partial charge in [-0.15, -0.1) is 0 Å². The van der Waals surface area contributed by atoms with Crippen LogP contribution in [-0.2, 0) is 0 Å². The molecule has 1 saturated carbocycles. The molecule has 2 rings (SSSR count). The van der Waals surface area contributed by atoms with Crippen molar-refractivity contribution in [1.82, 2.24) is 5.32 Å². The molecule has 1 N–H and O–H groups in total. The summed E-state index contributed by atoms with van der Waals surface area (Å²) in [6.45, 7) is 14.9. The molecule has 38 heavy (non-hydrogen) atoms. The minimum Gasteiger partial charge on any atom is -0.355 e. The van der Waals surface area contributed by atoms with Gasteiger partial charge in [-0.05, 0) is 93.4 Å². The number of hydrogen-bond donors (Lipinski definition) is 1. The molecule has 2 aliphatic carbocycles. The summed E-state index contributed by atoms with van der Waals surface area (Å²) in [7, 11) is 0. The highest BCUT2D eigenvalue weighted by atomic mass is 19.3. The van der Waals surface area contributed by atoms with Gasteiger partial charge in [0.2, 0.25) is 0 Å². The molecule has 1 fully saturated rings. The Morgan fingerprint density at radius 1 is 1.16 bits per heavy atom. The van der Waals surface area contributed by atoms with Crippen LogP contribution in [0.25, 0.3) is 0 Å². The van der Waals surface area contributed by atoms with E-state index >= 15 is 0 Å². The van der Waals surface area contributed by atoms with Crippen LogP contribution in [-0.4, -0.2) is 5.92 Å². The van der Waals surface area contributed by atoms with Gasteiger partial charge in [-0.1, -0.05) is 101 Å². The van der Waals surface area contributed by atoms with Crippen molar-refractivity contribution in [3.63, 3.8) is 0 Å². The van der Waals surface area contributed by atoms with Crippen molar-refractivity contribution < 1.29 is 8.78 Å². The van der Waals surface area contributed by atoms with E-state index in [1.807, 2.05) is 6.08 Å². The van der Waals surface area contributed by atoms with Gasteiger partial charge in [-0.3, -0.25) is 0 Å². The lowest BCUT2D eigenvalue weighted by atomic mass is 9.79. The second-order valence-corrected chi connectivity index (χ2v) is 11.8. The Labute approximate surface area is 232 Å². The summed E-state index contributed by atoms with van der Waals surface area (Å²) in [5.74, 6) is -0.360. The molecule has 0 bridgehead atoms. The molecule has 0 spiro atoms. The number of rotatable bonds is 17. The minimum atomic E-state index is -2.92. The highest BCUT2D eigenvalue weighted by Gasteiger charge is 2.28. The topological polar surface area (TPSA) is 12.0 Å². The fourth-order valence-corrected chi connectivity index (χ4v) is 5.34. The molecule has 212 valence electrons. The summed E-state index contributed by atoms with van der Waals surface area (Å²) < 4.78 is 27.7. The van der Waals surface area contributed by atoms with Crippen LogP contribution in [0, 0.1) is 17.8 Å². The number of hydrogen-bond acceptors (Lipinski definition) is 1. The molecule has 1 nitrogen and oxygen atoms in total. The Balaban J connectivity index is 1.99. The summed E-state index contributed by atoms with van der Waals surface area (Å²) in [6.07, 6.45) is 29.3. The fourth-order valence-electron chi connectivity index (χ4n) is 5.34. The minimum absolute atomic E-state index is 0.0867. The average Bonchev–Trinajstić information content (AvgIpc) is 3.69. The predicted octanol–water partition coefficient (Wildman–Crippen LogP) is 11.2. The largest absolute Gasteiger partial charge is 0.355 e. The van der Waals surface area contributed by atoms with Gasteiger partial charge in [-0.2, -0.15) is 0 Å². The summed E-state index contributed by atoms with van der Waals surface area (Å²) in [6, 6.07) is 0. The zero-order valence-corrected chi connectivity index (χ0v) is 25.0. The molecule has 0 aromatic heterocycles. The molecular formula is C35H53F2N. The summed E-state index contributed by atoms with van der Waals surface area (Å²) in [4.78, 5) is 0. The molecule has 0 amide bonds.